The van der Waals surface area contributed by atoms with Gasteiger partial charge in [-0.15, -0.1) is 0 Å². The highest BCUT2D eigenvalue weighted by molar-refractivity contribution is 6.03. The fourth-order valence-electron chi connectivity index (χ4n) is 3.97. The van der Waals surface area contributed by atoms with Gasteiger partial charge in [0.1, 0.15) is 0 Å². The molecule has 9 heteroatoms. The first-order chi connectivity index (χ1) is 13.4. The van der Waals surface area contributed by atoms with E-state index in [0.717, 1.165) is 19.5 Å². The number of nitrogens with two attached hydrogens (primary N) is 2. The number of carbonyl (C=O) groups excluding carboxylic acids is 2. The van der Waals surface area contributed by atoms with Gasteiger partial charge in [-0.3, -0.25) is 19.9 Å². The highest BCUT2D eigenvalue weighted by atomic mass is 16.2. The van der Waals surface area contributed by atoms with Gasteiger partial charge in [0.05, 0.1) is 28.5 Å². The molecule has 3 heterocycles. The summed E-state index contributed by atoms with van der Waals surface area (Å²) < 4.78 is 1.55. The lowest BCUT2D eigenvalue weighted by Gasteiger charge is -2.49. The van der Waals surface area contributed by atoms with Crippen molar-refractivity contribution in [2.75, 3.05) is 18.4 Å². The van der Waals surface area contributed by atoms with Crippen LogP contribution in [0.4, 0.5) is 5.69 Å². The van der Waals surface area contributed by atoms with Crippen LogP contribution in [0.25, 0.3) is 5.52 Å². The molecule has 1 unspecified atom stereocenters. The number of piperidine rings is 1. The molecule has 0 aromatic carbocycles. The number of amides is 2. The van der Waals surface area contributed by atoms with Crippen molar-refractivity contribution in [1.29, 1.82) is 0 Å². The quantitative estimate of drug-likeness (QED) is 0.347. The van der Waals surface area contributed by atoms with Crippen LogP contribution in [0.2, 0.25) is 0 Å². The summed E-state index contributed by atoms with van der Waals surface area (Å²) in [5.41, 5.74) is 9.62. The number of fused-ring (bicyclic) bond motifs is 1. The number of carbonyl (C=O) groups is 2. The summed E-state index contributed by atoms with van der Waals surface area (Å²) in [4.78, 5) is 26.5. The molecule has 1 aliphatic heterocycles. The van der Waals surface area contributed by atoms with E-state index >= 15 is 0 Å². The fourth-order valence-corrected chi connectivity index (χ4v) is 3.97. The first kappa shape index (κ1) is 21.1. The van der Waals surface area contributed by atoms with Crippen molar-refractivity contribution < 1.29 is 9.59 Å². The highest BCUT2D eigenvalue weighted by Gasteiger charge is 2.39. The molecule has 1 aliphatic rings. The number of hydrogen-bond acceptors (Lipinski definition) is 6. The van der Waals surface area contributed by atoms with Crippen molar-refractivity contribution in [3.05, 3.63) is 29.6 Å². The summed E-state index contributed by atoms with van der Waals surface area (Å²) in [6, 6.07) is 1.77. The van der Waals surface area contributed by atoms with Gasteiger partial charge in [-0.05, 0) is 38.7 Å². The molecule has 0 aliphatic carbocycles. The van der Waals surface area contributed by atoms with Crippen molar-refractivity contribution in [2.45, 2.75) is 52.6 Å². The van der Waals surface area contributed by atoms with Crippen molar-refractivity contribution >= 4 is 23.0 Å². The summed E-state index contributed by atoms with van der Waals surface area (Å²) >= 11 is 0. The molecule has 0 saturated carbocycles. The van der Waals surface area contributed by atoms with Gasteiger partial charge in [0.25, 0.3) is 11.8 Å². The number of nitrogens with zero attached hydrogens (tertiary/aromatic N) is 3. The van der Waals surface area contributed by atoms with Gasteiger partial charge in [0.15, 0.2) is 0 Å². The van der Waals surface area contributed by atoms with E-state index in [4.69, 9.17) is 11.6 Å². The van der Waals surface area contributed by atoms with E-state index in [1.807, 2.05) is 0 Å². The fraction of sp³-hybridized carbons (Fsp3) is 0.550. The molecule has 0 spiro atoms. The Balaban J connectivity index is 2.00. The molecule has 0 bridgehead atoms. The number of hydrogen-bond donors (Lipinski definition) is 4. The van der Waals surface area contributed by atoms with E-state index in [0.29, 0.717) is 22.3 Å². The molecule has 6 N–H and O–H groups in total. The molecule has 3 rings (SSSR count). The third-order valence-electron chi connectivity index (χ3n) is 5.79. The summed E-state index contributed by atoms with van der Waals surface area (Å²) in [7, 11) is 0. The number of anilines is 1. The average molecular weight is 402 g/mol. The van der Waals surface area contributed by atoms with E-state index in [9.17, 15) is 9.59 Å². The van der Waals surface area contributed by atoms with Gasteiger partial charge >= 0.3 is 0 Å². The third-order valence-corrected chi connectivity index (χ3v) is 5.79. The number of nitrogen functional groups attached to an aromatic ring is 1. The lowest BCUT2D eigenvalue weighted by atomic mass is 9.77. The monoisotopic (exact) mass is 401 g/mol. The van der Waals surface area contributed by atoms with Gasteiger partial charge in [0.2, 0.25) is 0 Å². The molecule has 9 nitrogen and oxygen atoms in total. The molecule has 2 aromatic rings. The Morgan fingerprint density at radius 3 is 2.55 bits per heavy atom. The van der Waals surface area contributed by atoms with Crippen molar-refractivity contribution in [2.24, 2.45) is 17.0 Å². The SMILES string of the molecule is CC1(C)CN(C(C)(C)C)CCC1Nc1c(C(N)=O)cnn2cc(C(=O)NN)cc12. The Labute approximate surface area is 170 Å². The Bertz CT molecular complexity index is 942. The smallest absolute Gasteiger partial charge is 0.266 e. The number of rotatable bonds is 4. The van der Waals surface area contributed by atoms with E-state index in [1.54, 1.807) is 16.8 Å². The molecule has 0 radical (unpaired) electrons. The average Bonchev–Trinajstić information content (AvgIpc) is 3.06. The Morgan fingerprint density at radius 2 is 2.00 bits per heavy atom. The van der Waals surface area contributed by atoms with E-state index in [2.05, 4.69) is 55.4 Å². The minimum absolute atomic E-state index is 0.0508. The maximum atomic E-state index is 12.1. The minimum Gasteiger partial charge on any atom is -0.379 e. The molecule has 2 aromatic heterocycles. The number of primary amides is 1. The Hall–Kier alpha value is -2.65. The van der Waals surface area contributed by atoms with Crippen LogP contribution < -0.4 is 22.3 Å². The second-order valence-corrected chi connectivity index (χ2v) is 9.40. The molecular weight excluding hydrogens is 370 g/mol. The van der Waals surface area contributed by atoms with Crippen molar-refractivity contribution in [3.63, 3.8) is 0 Å². The van der Waals surface area contributed by atoms with E-state index in [1.165, 1.54) is 6.20 Å². The lowest BCUT2D eigenvalue weighted by molar-refractivity contribution is 0.0352. The Morgan fingerprint density at radius 1 is 1.31 bits per heavy atom. The topological polar surface area (TPSA) is 131 Å². The Kier molecular flexibility index (Phi) is 5.31. The zero-order chi connectivity index (χ0) is 21.6. The summed E-state index contributed by atoms with van der Waals surface area (Å²) in [5.74, 6) is 4.25. The molecule has 158 valence electrons. The van der Waals surface area contributed by atoms with Gasteiger partial charge in [-0.25, -0.2) is 10.4 Å². The zero-order valence-corrected chi connectivity index (χ0v) is 17.7. The first-order valence-corrected chi connectivity index (χ1v) is 9.78. The van der Waals surface area contributed by atoms with Crippen molar-refractivity contribution in [1.82, 2.24) is 19.9 Å². The number of hydrazine groups is 1. The maximum absolute atomic E-state index is 12.1. The minimum atomic E-state index is -0.571. The first-order valence-electron chi connectivity index (χ1n) is 9.78. The van der Waals surface area contributed by atoms with Crippen molar-refractivity contribution in [3.8, 4) is 0 Å². The zero-order valence-electron chi connectivity index (χ0n) is 17.7. The maximum Gasteiger partial charge on any atom is 0.266 e. The molecular formula is C20H31N7O2. The van der Waals surface area contributed by atoms with Gasteiger partial charge < -0.3 is 11.1 Å². The second kappa shape index (κ2) is 7.31. The summed E-state index contributed by atoms with van der Waals surface area (Å²) in [6.07, 6.45) is 3.91. The van der Waals surface area contributed by atoms with Crippen LogP contribution in [0.3, 0.4) is 0 Å². The number of aromatic nitrogens is 2. The molecule has 2 amide bonds. The van der Waals surface area contributed by atoms with Crippen LogP contribution in [0.5, 0.6) is 0 Å². The van der Waals surface area contributed by atoms with Crippen LogP contribution in [-0.2, 0) is 0 Å². The third kappa shape index (κ3) is 4.06. The molecule has 1 atom stereocenters. The summed E-state index contributed by atoms with van der Waals surface area (Å²) in [5, 5.41) is 7.78. The standard InChI is InChI=1S/C20H31N7O2/c1-19(2,3)26-7-6-15(20(4,5)11-26)24-16-13(17(21)28)9-23-27-10-12(8-14(16)27)18(29)25-22/h8-10,15,24H,6-7,11,22H2,1-5H3,(H2,21,28)(H,25,29). The normalized spacial score (nSPS) is 19.9. The summed E-state index contributed by atoms with van der Waals surface area (Å²) in [6.45, 7) is 13.0. The van der Waals surface area contributed by atoms with Crippen LogP contribution in [0.1, 0.15) is 61.8 Å². The number of nitrogens with one attached hydrogen (secondary N) is 2. The molecule has 1 saturated heterocycles. The van der Waals surface area contributed by atoms with Crippen LogP contribution >= 0.6 is 0 Å². The predicted molar refractivity (Wildman–Crippen MR) is 112 cm³/mol. The molecule has 29 heavy (non-hydrogen) atoms. The van der Waals surface area contributed by atoms with E-state index in [-0.39, 0.29) is 17.0 Å². The predicted octanol–water partition coefficient (Wildman–Crippen LogP) is 1.35. The van der Waals surface area contributed by atoms with Gasteiger partial charge in [-0.1, -0.05) is 13.8 Å². The van der Waals surface area contributed by atoms with Crippen LogP contribution in [0, 0.1) is 5.41 Å². The van der Waals surface area contributed by atoms with Gasteiger partial charge in [-0.2, -0.15) is 5.10 Å². The highest BCUT2D eigenvalue weighted by Crippen LogP contribution is 2.36. The second-order valence-electron chi connectivity index (χ2n) is 9.40. The lowest BCUT2D eigenvalue weighted by Crippen LogP contribution is -2.56. The van der Waals surface area contributed by atoms with Gasteiger partial charge in [0, 0.05) is 30.9 Å². The largest absolute Gasteiger partial charge is 0.379 e. The number of likely N-dealkylation sites (tertiary alicyclic amines) is 1. The van der Waals surface area contributed by atoms with E-state index < -0.39 is 11.8 Å². The molecule has 1 fully saturated rings. The van der Waals surface area contributed by atoms with Crippen LogP contribution in [-0.4, -0.2) is 51.0 Å². The van der Waals surface area contributed by atoms with Crippen LogP contribution in [0.15, 0.2) is 18.5 Å².